The maximum atomic E-state index is 10.2. The molecule has 0 unspecified atom stereocenters. The summed E-state index contributed by atoms with van der Waals surface area (Å²) in [4.78, 5) is 35.9. The van der Waals surface area contributed by atoms with Crippen molar-refractivity contribution >= 4 is 47.8 Å². The number of nitrogens with one attached hydrogen (secondary N) is 3. The quantitative estimate of drug-likeness (QED) is 0.421. The number of H-pyrrole nitrogens is 3. The van der Waals surface area contributed by atoms with Crippen LogP contribution in [0.1, 0.15) is 0 Å². The van der Waals surface area contributed by atoms with Crippen molar-refractivity contribution in [2.24, 2.45) is 0 Å². The average Bonchev–Trinajstić information content (AvgIpc) is 2.56. The summed E-state index contributed by atoms with van der Waals surface area (Å²) < 4.78 is 8.16. The minimum Gasteiger partial charge on any atom is -0.436 e. The number of hydrogen-bond donors (Lipinski definition) is 3. The molecule has 2 heterocycles. The van der Waals surface area contributed by atoms with Crippen LogP contribution in [0.25, 0.3) is 0 Å². The molecule has 3 rings (SSSR count). The number of halogens is 3. The Balaban J connectivity index is 0.000000212. The molecule has 0 spiro atoms. The highest BCUT2D eigenvalue weighted by Crippen LogP contribution is 2.39. The van der Waals surface area contributed by atoms with E-state index in [4.69, 9.17) is 4.74 Å². The van der Waals surface area contributed by atoms with Gasteiger partial charge in [0.2, 0.25) is 5.88 Å². The SMILES string of the molecule is Brc1ccc(Oc2ccnnn2)c(Br)c1Br.O=c1[nH]c(=O)[nH]c(=O)[nH]1. The summed E-state index contributed by atoms with van der Waals surface area (Å²) in [6.07, 6.45) is 1.52. The maximum absolute atomic E-state index is 10.2. The molecule has 25 heavy (non-hydrogen) atoms. The van der Waals surface area contributed by atoms with Crippen molar-refractivity contribution in [2.45, 2.75) is 0 Å². The van der Waals surface area contributed by atoms with Crippen molar-refractivity contribution in [3.8, 4) is 11.6 Å². The number of nitrogens with zero attached hydrogens (tertiary/aromatic N) is 3. The number of rotatable bonds is 2. The van der Waals surface area contributed by atoms with Crippen molar-refractivity contribution in [3.05, 3.63) is 69.3 Å². The summed E-state index contributed by atoms with van der Waals surface area (Å²) in [7, 11) is 0. The lowest BCUT2D eigenvalue weighted by atomic mass is 10.3. The normalized spacial score (nSPS) is 9.88. The van der Waals surface area contributed by atoms with Gasteiger partial charge in [0.15, 0.2) is 0 Å². The van der Waals surface area contributed by atoms with Crippen LogP contribution in [0.3, 0.4) is 0 Å². The number of hydrogen-bond acceptors (Lipinski definition) is 7. The first-order chi connectivity index (χ1) is 11.9. The van der Waals surface area contributed by atoms with Crippen molar-refractivity contribution < 1.29 is 4.74 Å². The Hall–Kier alpha value is -2.12. The lowest BCUT2D eigenvalue weighted by Crippen LogP contribution is -2.34. The molecule has 0 radical (unpaired) electrons. The van der Waals surface area contributed by atoms with Crippen LogP contribution < -0.4 is 21.8 Å². The van der Waals surface area contributed by atoms with Crippen LogP contribution in [0.2, 0.25) is 0 Å². The second kappa shape index (κ2) is 8.82. The van der Waals surface area contributed by atoms with Crippen LogP contribution >= 0.6 is 47.8 Å². The van der Waals surface area contributed by atoms with E-state index >= 15 is 0 Å². The predicted molar refractivity (Wildman–Crippen MR) is 97.7 cm³/mol. The molecule has 0 aliphatic rings. The zero-order valence-electron chi connectivity index (χ0n) is 11.9. The van der Waals surface area contributed by atoms with Gasteiger partial charge in [-0.25, -0.2) is 14.4 Å². The summed E-state index contributed by atoms with van der Waals surface area (Å²) in [6, 6.07) is 5.33. The lowest BCUT2D eigenvalue weighted by molar-refractivity contribution is 0.447. The van der Waals surface area contributed by atoms with E-state index in [0.717, 1.165) is 13.4 Å². The van der Waals surface area contributed by atoms with E-state index < -0.39 is 17.1 Å². The molecule has 0 fully saturated rings. The maximum Gasteiger partial charge on any atom is 0.330 e. The number of aromatic amines is 3. The van der Waals surface area contributed by atoms with Crippen molar-refractivity contribution in [1.29, 1.82) is 0 Å². The number of benzene rings is 1. The van der Waals surface area contributed by atoms with E-state index in [-0.39, 0.29) is 0 Å². The fourth-order valence-electron chi connectivity index (χ4n) is 1.39. The van der Waals surface area contributed by atoms with E-state index in [1.807, 2.05) is 12.1 Å². The largest absolute Gasteiger partial charge is 0.436 e. The first-order valence-electron chi connectivity index (χ1n) is 6.25. The predicted octanol–water partition coefficient (Wildman–Crippen LogP) is 1.70. The van der Waals surface area contributed by atoms with Gasteiger partial charge in [0.05, 0.1) is 10.7 Å². The smallest absolute Gasteiger partial charge is 0.330 e. The molecule has 2 aromatic heterocycles. The molecule has 0 bridgehead atoms. The Morgan fingerprint density at radius 2 is 1.44 bits per heavy atom. The fourth-order valence-corrected chi connectivity index (χ4v) is 2.74. The van der Waals surface area contributed by atoms with Gasteiger partial charge in [-0.2, -0.15) is 0 Å². The molecule has 0 amide bonds. The molecule has 1 aromatic carbocycles. The minimum absolute atomic E-state index is 0.393. The van der Waals surface area contributed by atoms with E-state index in [1.54, 1.807) is 21.0 Å². The summed E-state index contributed by atoms with van der Waals surface area (Å²) in [5.41, 5.74) is -2.41. The summed E-state index contributed by atoms with van der Waals surface area (Å²) in [6.45, 7) is 0. The molecule has 3 N–H and O–H groups in total. The van der Waals surface area contributed by atoms with Gasteiger partial charge in [-0.05, 0) is 65.1 Å². The number of ether oxygens (including phenoxy) is 1. The van der Waals surface area contributed by atoms with Gasteiger partial charge in [-0.3, -0.25) is 15.0 Å². The molecule has 0 atom stereocenters. The molecule has 10 nitrogen and oxygen atoms in total. The Morgan fingerprint density at radius 1 is 0.840 bits per heavy atom. The fraction of sp³-hybridized carbons (Fsp3) is 0. The van der Waals surface area contributed by atoms with E-state index in [9.17, 15) is 14.4 Å². The third-order valence-corrected chi connectivity index (χ3v) is 5.71. The third kappa shape index (κ3) is 5.72. The van der Waals surface area contributed by atoms with Crippen molar-refractivity contribution in [1.82, 2.24) is 30.4 Å². The van der Waals surface area contributed by atoms with Crippen LogP contribution in [0.4, 0.5) is 0 Å². The first kappa shape index (κ1) is 19.2. The van der Waals surface area contributed by atoms with Gasteiger partial charge in [0.1, 0.15) is 5.75 Å². The Labute approximate surface area is 163 Å². The summed E-state index contributed by atoms with van der Waals surface area (Å²) in [5.74, 6) is 1.04. The highest BCUT2D eigenvalue weighted by molar-refractivity contribution is 9.14. The molecule has 0 aliphatic heterocycles. The highest BCUT2D eigenvalue weighted by atomic mass is 79.9. The van der Waals surface area contributed by atoms with Gasteiger partial charge in [-0.1, -0.05) is 5.10 Å². The summed E-state index contributed by atoms with van der Waals surface area (Å²) >= 11 is 10.2. The van der Waals surface area contributed by atoms with Crippen LogP contribution in [-0.2, 0) is 0 Å². The molecule has 130 valence electrons. The molecule has 3 aromatic rings. The van der Waals surface area contributed by atoms with Gasteiger partial charge < -0.3 is 4.74 Å². The van der Waals surface area contributed by atoms with Crippen LogP contribution in [-0.4, -0.2) is 30.4 Å². The second-order valence-electron chi connectivity index (χ2n) is 4.10. The van der Waals surface area contributed by atoms with E-state index in [1.165, 1.54) is 6.20 Å². The van der Waals surface area contributed by atoms with Gasteiger partial charge in [-0.15, -0.1) is 5.10 Å². The van der Waals surface area contributed by atoms with Gasteiger partial charge in [0, 0.05) is 15.0 Å². The monoisotopic (exact) mass is 536 g/mol. The average molecular weight is 539 g/mol. The number of aromatic nitrogens is 6. The molecule has 0 aliphatic carbocycles. The topological polar surface area (TPSA) is 146 Å². The molecule has 13 heteroatoms. The van der Waals surface area contributed by atoms with Crippen LogP contribution in [0.5, 0.6) is 11.6 Å². The zero-order valence-corrected chi connectivity index (χ0v) is 16.7. The van der Waals surface area contributed by atoms with Gasteiger partial charge in [0.25, 0.3) is 0 Å². The molecule has 0 saturated carbocycles. The standard InChI is InChI=1S/C9H4Br3N3O.C3H3N3O3/c10-5-1-2-6(9(12)8(5)11)16-7-3-4-13-15-14-7;7-1-4-2(8)6-3(9)5-1/h1-4H;(H3,4,5,6,7,8,9). The summed E-state index contributed by atoms with van der Waals surface area (Å²) in [5, 5.41) is 10.8. The van der Waals surface area contributed by atoms with Crippen LogP contribution in [0, 0.1) is 0 Å². The zero-order chi connectivity index (χ0) is 18.4. The first-order valence-corrected chi connectivity index (χ1v) is 8.63. The van der Waals surface area contributed by atoms with E-state index in [2.05, 4.69) is 63.2 Å². The van der Waals surface area contributed by atoms with Crippen molar-refractivity contribution in [2.75, 3.05) is 0 Å². The van der Waals surface area contributed by atoms with Gasteiger partial charge >= 0.3 is 17.1 Å². The molecule has 0 saturated heterocycles. The third-order valence-electron chi connectivity index (χ3n) is 2.37. The molecular formula is C12H7Br3N6O4. The van der Waals surface area contributed by atoms with E-state index in [0.29, 0.717) is 11.6 Å². The van der Waals surface area contributed by atoms with Crippen molar-refractivity contribution in [3.63, 3.8) is 0 Å². The highest BCUT2D eigenvalue weighted by Gasteiger charge is 2.09. The Bertz CT molecular complexity index is 955. The Morgan fingerprint density at radius 3 is 1.96 bits per heavy atom. The Kier molecular flexibility index (Phi) is 6.78. The second-order valence-corrected chi connectivity index (χ2v) is 6.54. The van der Waals surface area contributed by atoms with Crippen LogP contribution in [0.15, 0.2) is 52.2 Å². The molecular weight excluding hydrogens is 532 g/mol. The minimum atomic E-state index is -0.802. The lowest BCUT2D eigenvalue weighted by Gasteiger charge is -2.08.